The smallest absolute Gasteiger partial charge is 0.358 e. The first kappa shape index (κ1) is 11.5. The first-order chi connectivity index (χ1) is 7.75. The summed E-state index contributed by atoms with van der Waals surface area (Å²) in [4.78, 5) is 10.6. The van der Waals surface area contributed by atoms with Gasteiger partial charge in [-0.25, -0.2) is 4.79 Å². The molecule has 1 aliphatic heterocycles. The van der Waals surface area contributed by atoms with E-state index in [1.807, 2.05) is 11.8 Å². The molecule has 0 spiro atoms. The second-order valence-corrected chi connectivity index (χ2v) is 4.99. The van der Waals surface area contributed by atoms with Crippen molar-refractivity contribution in [2.45, 2.75) is 13.0 Å². The molecular weight excluding hydrogens is 228 g/mol. The molecule has 16 heavy (non-hydrogen) atoms. The van der Waals surface area contributed by atoms with Crippen LogP contribution in [0.4, 0.5) is 0 Å². The van der Waals surface area contributed by atoms with E-state index in [1.165, 1.54) is 24.0 Å². The van der Waals surface area contributed by atoms with Crippen LogP contribution in [0.2, 0.25) is 0 Å². The van der Waals surface area contributed by atoms with Crippen LogP contribution in [0.1, 0.15) is 22.7 Å². The van der Waals surface area contributed by atoms with E-state index in [2.05, 4.69) is 10.5 Å². The van der Waals surface area contributed by atoms with E-state index in [-0.39, 0.29) is 5.69 Å². The maximum atomic E-state index is 10.6. The van der Waals surface area contributed by atoms with Gasteiger partial charge in [0.1, 0.15) is 0 Å². The summed E-state index contributed by atoms with van der Waals surface area (Å²) >= 11 is 1.98. The molecule has 1 aliphatic rings. The van der Waals surface area contributed by atoms with Crippen LogP contribution < -0.4 is 5.32 Å². The van der Waals surface area contributed by atoms with Gasteiger partial charge in [0, 0.05) is 6.07 Å². The molecule has 1 aromatic heterocycles. The molecular formula is C10H14N2O3S. The lowest BCUT2D eigenvalue weighted by Gasteiger charge is -2.07. The Balaban J connectivity index is 1.74. The summed E-state index contributed by atoms with van der Waals surface area (Å²) in [6.07, 6.45) is 1.26. The Bertz CT molecular complexity index is 361. The predicted octanol–water partition coefficient (Wildman–Crippen LogP) is 1.22. The zero-order valence-corrected chi connectivity index (χ0v) is 9.63. The summed E-state index contributed by atoms with van der Waals surface area (Å²) < 4.78 is 4.89. The van der Waals surface area contributed by atoms with Gasteiger partial charge in [-0.3, -0.25) is 0 Å². The lowest BCUT2D eigenvalue weighted by molar-refractivity contribution is 0.0685. The Morgan fingerprint density at radius 2 is 2.62 bits per heavy atom. The molecule has 88 valence electrons. The minimum atomic E-state index is -1.05. The van der Waals surface area contributed by atoms with E-state index in [4.69, 9.17) is 9.63 Å². The molecule has 2 heterocycles. The number of aromatic nitrogens is 1. The topological polar surface area (TPSA) is 75.4 Å². The molecule has 1 atom stereocenters. The number of carboxylic acid groups (broad SMARTS) is 1. The maximum Gasteiger partial charge on any atom is 0.358 e. The second-order valence-electron chi connectivity index (χ2n) is 3.84. The Morgan fingerprint density at radius 1 is 1.75 bits per heavy atom. The first-order valence-corrected chi connectivity index (χ1v) is 6.38. The monoisotopic (exact) mass is 242 g/mol. The van der Waals surface area contributed by atoms with E-state index in [0.717, 1.165) is 12.5 Å². The Hall–Kier alpha value is -1.01. The third-order valence-electron chi connectivity index (χ3n) is 2.53. The predicted molar refractivity (Wildman–Crippen MR) is 60.6 cm³/mol. The lowest BCUT2D eigenvalue weighted by Crippen LogP contribution is -2.21. The number of thioether (sulfide) groups is 1. The fraction of sp³-hybridized carbons (Fsp3) is 0.600. The average Bonchev–Trinajstić information content (AvgIpc) is 2.87. The largest absolute Gasteiger partial charge is 0.476 e. The first-order valence-electron chi connectivity index (χ1n) is 5.23. The van der Waals surface area contributed by atoms with Crippen molar-refractivity contribution in [1.29, 1.82) is 0 Å². The zero-order valence-electron chi connectivity index (χ0n) is 8.81. The molecule has 5 nitrogen and oxygen atoms in total. The highest BCUT2D eigenvalue weighted by Gasteiger charge is 2.15. The molecule has 0 amide bonds. The van der Waals surface area contributed by atoms with E-state index in [0.29, 0.717) is 12.3 Å². The van der Waals surface area contributed by atoms with Crippen LogP contribution in [0.25, 0.3) is 0 Å². The number of rotatable bonds is 5. The van der Waals surface area contributed by atoms with Crippen LogP contribution >= 0.6 is 11.8 Å². The Morgan fingerprint density at radius 3 is 3.25 bits per heavy atom. The van der Waals surface area contributed by atoms with Gasteiger partial charge in [0.05, 0.1) is 6.54 Å². The van der Waals surface area contributed by atoms with Crippen molar-refractivity contribution >= 4 is 17.7 Å². The lowest BCUT2D eigenvalue weighted by atomic mass is 10.1. The number of nitrogens with one attached hydrogen (secondary N) is 1. The quantitative estimate of drug-likeness (QED) is 0.808. The van der Waals surface area contributed by atoms with Gasteiger partial charge >= 0.3 is 5.97 Å². The standard InChI is InChI=1S/C10H14N2O3S/c13-10(14)9-3-8(15-12-9)5-11-4-7-1-2-16-6-7/h3,7,11H,1-2,4-6H2,(H,13,14). The molecule has 0 saturated carbocycles. The van der Waals surface area contributed by atoms with Crippen molar-refractivity contribution < 1.29 is 14.4 Å². The van der Waals surface area contributed by atoms with E-state index >= 15 is 0 Å². The van der Waals surface area contributed by atoms with Crippen LogP contribution in [0.5, 0.6) is 0 Å². The number of carbonyl (C=O) groups is 1. The van der Waals surface area contributed by atoms with Crippen molar-refractivity contribution in [1.82, 2.24) is 10.5 Å². The highest BCUT2D eigenvalue weighted by atomic mass is 32.2. The van der Waals surface area contributed by atoms with Crippen LogP contribution in [0, 0.1) is 5.92 Å². The molecule has 1 unspecified atom stereocenters. The number of nitrogens with zero attached hydrogens (tertiary/aromatic N) is 1. The third kappa shape index (κ3) is 2.99. The highest BCUT2D eigenvalue weighted by molar-refractivity contribution is 7.99. The molecule has 2 N–H and O–H groups in total. The van der Waals surface area contributed by atoms with Crippen molar-refractivity contribution in [2.24, 2.45) is 5.92 Å². The summed E-state index contributed by atoms with van der Waals surface area (Å²) in [5.74, 6) is 2.71. The normalized spacial score (nSPS) is 20.1. The minimum Gasteiger partial charge on any atom is -0.476 e. The van der Waals surface area contributed by atoms with Crippen LogP contribution in [-0.2, 0) is 6.54 Å². The van der Waals surface area contributed by atoms with Gasteiger partial charge in [-0.2, -0.15) is 11.8 Å². The SMILES string of the molecule is O=C(O)c1cc(CNCC2CCSC2)on1. The number of hydrogen-bond donors (Lipinski definition) is 2. The fourth-order valence-electron chi connectivity index (χ4n) is 1.64. The average molecular weight is 242 g/mol. The molecule has 0 radical (unpaired) electrons. The summed E-state index contributed by atoms with van der Waals surface area (Å²) in [6.45, 7) is 1.50. The molecule has 0 aromatic carbocycles. The molecule has 1 aromatic rings. The van der Waals surface area contributed by atoms with Gasteiger partial charge in [-0.1, -0.05) is 5.16 Å². The molecule has 1 fully saturated rings. The summed E-state index contributed by atoms with van der Waals surface area (Å²) in [5, 5.41) is 15.4. The molecule has 2 rings (SSSR count). The zero-order chi connectivity index (χ0) is 11.4. The van der Waals surface area contributed by atoms with Crippen molar-refractivity contribution in [3.8, 4) is 0 Å². The molecule has 0 aliphatic carbocycles. The van der Waals surface area contributed by atoms with Gasteiger partial charge in [0.15, 0.2) is 11.5 Å². The van der Waals surface area contributed by atoms with Crippen LogP contribution in [0.3, 0.4) is 0 Å². The maximum absolute atomic E-state index is 10.6. The third-order valence-corrected chi connectivity index (χ3v) is 3.77. The van der Waals surface area contributed by atoms with E-state index in [9.17, 15) is 4.79 Å². The highest BCUT2D eigenvalue weighted by Crippen LogP contribution is 2.22. The van der Waals surface area contributed by atoms with E-state index < -0.39 is 5.97 Å². The molecule has 0 bridgehead atoms. The second kappa shape index (κ2) is 5.36. The Kier molecular flexibility index (Phi) is 3.84. The van der Waals surface area contributed by atoms with Crippen LogP contribution in [0.15, 0.2) is 10.6 Å². The van der Waals surface area contributed by atoms with Crippen molar-refractivity contribution in [3.63, 3.8) is 0 Å². The van der Waals surface area contributed by atoms with Crippen molar-refractivity contribution in [3.05, 3.63) is 17.5 Å². The number of aromatic carboxylic acids is 1. The molecule has 1 saturated heterocycles. The van der Waals surface area contributed by atoms with Crippen LogP contribution in [-0.4, -0.2) is 34.3 Å². The van der Waals surface area contributed by atoms with Gasteiger partial charge in [0.2, 0.25) is 0 Å². The van der Waals surface area contributed by atoms with Gasteiger partial charge in [-0.05, 0) is 30.4 Å². The van der Waals surface area contributed by atoms with Crippen molar-refractivity contribution in [2.75, 3.05) is 18.1 Å². The fourth-order valence-corrected chi connectivity index (χ4v) is 2.93. The van der Waals surface area contributed by atoms with Gasteiger partial charge in [0.25, 0.3) is 0 Å². The van der Waals surface area contributed by atoms with E-state index in [1.54, 1.807) is 0 Å². The Labute approximate surface area is 97.6 Å². The minimum absolute atomic E-state index is 0.0341. The number of hydrogen-bond acceptors (Lipinski definition) is 5. The van der Waals surface area contributed by atoms with Gasteiger partial charge in [-0.15, -0.1) is 0 Å². The van der Waals surface area contributed by atoms with Gasteiger partial charge < -0.3 is 14.9 Å². The summed E-state index contributed by atoms with van der Waals surface area (Å²) in [5.41, 5.74) is -0.0341. The number of carboxylic acids is 1. The summed E-state index contributed by atoms with van der Waals surface area (Å²) in [6, 6.07) is 1.46. The summed E-state index contributed by atoms with van der Waals surface area (Å²) in [7, 11) is 0. The molecule has 6 heteroatoms.